The molecule has 6 nitrogen and oxygen atoms in total. The van der Waals surface area contributed by atoms with E-state index in [1.165, 1.54) is 25.2 Å². The number of hydrogen-bond acceptors (Lipinski definition) is 3. The maximum Gasteiger partial charge on any atom is 0.326 e. The SMILES string of the molecule is CN1c2ccc(F)cc2N(CCNC(=O)C2CCCC2)S1(=O)=O. The van der Waals surface area contributed by atoms with E-state index in [0.29, 0.717) is 11.4 Å². The van der Waals surface area contributed by atoms with Crippen LogP contribution in [0.2, 0.25) is 0 Å². The largest absolute Gasteiger partial charge is 0.354 e. The van der Waals surface area contributed by atoms with Crippen LogP contribution in [-0.2, 0) is 15.0 Å². The van der Waals surface area contributed by atoms with Crippen LogP contribution in [0.4, 0.5) is 15.8 Å². The highest BCUT2D eigenvalue weighted by Gasteiger charge is 2.38. The van der Waals surface area contributed by atoms with Crippen molar-refractivity contribution < 1.29 is 17.6 Å². The predicted molar refractivity (Wildman–Crippen MR) is 86.0 cm³/mol. The summed E-state index contributed by atoms with van der Waals surface area (Å²) in [5, 5.41) is 2.79. The van der Waals surface area contributed by atoms with Crippen LogP contribution in [0.5, 0.6) is 0 Å². The summed E-state index contributed by atoms with van der Waals surface area (Å²) in [6.07, 6.45) is 3.92. The Morgan fingerprint density at radius 3 is 2.70 bits per heavy atom. The van der Waals surface area contributed by atoms with E-state index in [-0.39, 0.29) is 24.9 Å². The Labute approximate surface area is 135 Å². The molecule has 0 unspecified atom stereocenters. The topological polar surface area (TPSA) is 69.7 Å². The molecule has 1 saturated carbocycles. The van der Waals surface area contributed by atoms with Gasteiger partial charge in [0.05, 0.1) is 17.9 Å². The van der Waals surface area contributed by atoms with Crippen LogP contribution < -0.4 is 13.9 Å². The van der Waals surface area contributed by atoms with E-state index in [2.05, 4.69) is 5.32 Å². The molecule has 1 fully saturated rings. The van der Waals surface area contributed by atoms with Gasteiger partial charge in [-0.15, -0.1) is 0 Å². The van der Waals surface area contributed by atoms with Gasteiger partial charge in [-0.25, -0.2) is 8.70 Å². The zero-order valence-electron chi connectivity index (χ0n) is 13.0. The van der Waals surface area contributed by atoms with E-state index >= 15 is 0 Å². The summed E-state index contributed by atoms with van der Waals surface area (Å²) in [6, 6.07) is 3.88. The van der Waals surface area contributed by atoms with Crippen molar-refractivity contribution in [1.29, 1.82) is 0 Å². The Morgan fingerprint density at radius 2 is 2.00 bits per heavy atom. The third-order valence-electron chi connectivity index (χ3n) is 4.51. The van der Waals surface area contributed by atoms with Crippen molar-refractivity contribution in [3.8, 4) is 0 Å². The smallest absolute Gasteiger partial charge is 0.326 e. The molecule has 0 aromatic heterocycles. The van der Waals surface area contributed by atoms with Crippen molar-refractivity contribution in [1.82, 2.24) is 5.32 Å². The van der Waals surface area contributed by atoms with Gasteiger partial charge in [-0.1, -0.05) is 12.8 Å². The van der Waals surface area contributed by atoms with E-state index in [0.717, 1.165) is 34.3 Å². The highest BCUT2D eigenvalue weighted by atomic mass is 32.2. The number of nitrogens with zero attached hydrogens (tertiary/aromatic N) is 2. The summed E-state index contributed by atoms with van der Waals surface area (Å²) in [5.74, 6) is -0.473. The second kappa shape index (κ2) is 5.99. The van der Waals surface area contributed by atoms with Crippen LogP contribution in [0, 0.1) is 11.7 Å². The minimum atomic E-state index is -3.71. The van der Waals surface area contributed by atoms with Crippen molar-refractivity contribution in [2.24, 2.45) is 5.92 Å². The molecule has 1 aliphatic carbocycles. The normalized spacial score (nSPS) is 19.9. The number of fused-ring (bicyclic) bond motifs is 1. The summed E-state index contributed by atoms with van der Waals surface area (Å²) in [6.45, 7) is 0.292. The average molecular weight is 341 g/mol. The van der Waals surface area contributed by atoms with Gasteiger partial charge in [0.1, 0.15) is 5.82 Å². The first-order valence-electron chi connectivity index (χ1n) is 7.75. The van der Waals surface area contributed by atoms with Crippen LogP contribution >= 0.6 is 0 Å². The molecular weight excluding hydrogens is 321 g/mol. The molecule has 3 rings (SSSR count). The summed E-state index contributed by atoms with van der Waals surface area (Å²) >= 11 is 0. The van der Waals surface area contributed by atoms with Gasteiger partial charge < -0.3 is 5.32 Å². The predicted octanol–water partition coefficient (Wildman–Crippen LogP) is 1.63. The first-order chi connectivity index (χ1) is 10.9. The number of amides is 1. The number of halogens is 1. The van der Waals surface area contributed by atoms with Crippen molar-refractivity contribution in [2.45, 2.75) is 25.7 Å². The third kappa shape index (κ3) is 2.87. The Balaban J connectivity index is 1.70. The fourth-order valence-electron chi connectivity index (χ4n) is 3.21. The number of hydrogen-bond donors (Lipinski definition) is 1. The average Bonchev–Trinajstić information content (AvgIpc) is 3.09. The van der Waals surface area contributed by atoms with E-state index in [4.69, 9.17) is 0 Å². The lowest BCUT2D eigenvalue weighted by molar-refractivity contribution is -0.124. The van der Waals surface area contributed by atoms with Crippen LogP contribution in [0.25, 0.3) is 0 Å². The summed E-state index contributed by atoms with van der Waals surface area (Å²) < 4.78 is 40.5. The lowest BCUT2D eigenvalue weighted by atomic mass is 10.1. The fraction of sp³-hybridized carbons (Fsp3) is 0.533. The first kappa shape index (κ1) is 16.0. The fourth-order valence-corrected chi connectivity index (χ4v) is 4.62. The van der Waals surface area contributed by atoms with Crippen LogP contribution in [0.1, 0.15) is 25.7 Å². The molecule has 0 atom stereocenters. The highest BCUT2D eigenvalue weighted by molar-refractivity contribution is 7.94. The highest BCUT2D eigenvalue weighted by Crippen LogP contribution is 2.39. The Bertz CT molecular complexity index is 717. The van der Waals surface area contributed by atoms with E-state index < -0.39 is 16.0 Å². The van der Waals surface area contributed by atoms with Gasteiger partial charge in [0.2, 0.25) is 5.91 Å². The molecule has 23 heavy (non-hydrogen) atoms. The molecule has 126 valence electrons. The minimum absolute atomic E-state index is 0.0214. The van der Waals surface area contributed by atoms with Crippen molar-refractivity contribution in [3.63, 3.8) is 0 Å². The molecule has 0 radical (unpaired) electrons. The van der Waals surface area contributed by atoms with Crippen LogP contribution in [0.15, 0.2) is 18.2 Å². The Hall–Kier alpha value is -1.83. The van der Waals surface area contributed by atoms with Crippen molar-refractivity contribution >= 4 is 27.5 Å². The number of anilines is 2. The number of nitrogens with one attached hydrogen (secondary N) is 1. The zero-order valence-corrected chi connectivity index (χ0v) is 13.8. The molecule has 2 aliphatic rings. The Morgan fingerprint density at radius 1 is 1.30 bits per heavy atom. The number of carbonyl (C=O) groups is 1. The van der Waals surface area contributed by atoms with Crippen LogP contribution in [-0.4, -0.2) is 34.5 Å². The van der Waals surface area contributed by atoms with Gasteiger partial charge in [-0.05, 0) is 25.0 Å². The molecule has 1 aromatic carbocycles. The van der Waals surface area contributed by atoms with Gasteiger partial charge in [0.15, 0.2) is 0 Å². The molecular formula is C15H20FN3O3S. The molecule has 0 bridgehead atoms. The van der Waals surface area contributed by atoms with Gasteiger partial charge >= 0.3 is 10.2 Å². The number of carbonyl (C=O) groups excluding carboxylic acids is 1. The molecule has 1 heterocycles. The Kier molecular flexibility index (Phi) is 4.18. The second-order valence-corrected chi connectivity index (χ2v) is 7.84. The number of benzene rings is 1. The zero-order chi connectivity index (χ0) is 16.6. The maximum atomic E-state index is 13.5. The van der Waals surface area contributed by atoms with Crippen molar-refractivity contribution in [2.75, 3.05) is 28.7 Å². The van der Waals surface area contributed by atoms with E-state index in [9.17, 15) is 17.6 Å². The molecule has 0 saturated heterocycles. The molecule has 1 N–H and O–H groups in total. The van der Waals surface area contributed by atoms with Crippen LogP contribution in [0.3, 0.4) is 0 Å². The summed E-state index contributed by atoms with van der Waals surface area (Å²) in [7, 11) is -2.28. The summed E-state index contributed by atoms with van der Waals surface area (Å²) in [4.78, 5) is 12.0. The number of rotatable bonds is 4. The van der Waals surface area contributed by atoms with Gasteiger partial charge in [-0.2, -0.15) is 8.42 Å². The standard InChI is InChI=1S/C15H20FN3O3S/c1-18-13-7-6-12(16)10-14(13)19(23(18,21)22)9-8-17-15(20)11-4-2-3-5-11/h6-7,10-11H,2-5,8-9H2,1H3,(H,17,20). The van der Waals surface area contributed by atoms with E-state index in [1.54, 1.807) is 0 Å². The van der Waals surface area contributed by atoms with Gasteiger partial charge in [-0.3, -0.25) is 9.10 Å². The lowest BCUT2D eigenvalue weighted by Crippen LogP contribution is -2.41. The first-order valence-corrected chi connectivity index (χ1v) is 9.15. The molecule has 1 aromatic rings. The van der Waals surface area contributed by atoms with Crippen molar-refractivity contribution in [3.05, 3.63) is 24.0 Å². The lowest BCUT2D eigenvalue weighted by Gasteiger charge is -2.20. The minimum Gasteiger partial charge on any atom is -0.354 e. The monoisotopic (exact) mass is 341 g/mol. The maximum absolute atomic E-state index is 13.5. The molecule has 0 spiro atoms. The quantitative estimate of drug-likeness (QED) is 0.905. The molecule has 1 amide bonds. The molecule has 1 aliphatic heterocycles. The molecule has 8 heteroatoms. The van der Waals surface area contributed by atoms with Gasteiger partial charge in [0.25, 0.3) is 0 Å². The van der Waals surface area contributed by atoms with E-state index in [1.807, 2.05) is 0 Å². The second-order valence-electron chi connectivity index (χ2n) is 5.95. The van der Waals surface area contributed by atoms with Gasteiger partial charge in [0, 0.05) is 25.6 Å². The summed E-state index contributed by atoms with van der Waals surface area (Å²) in [5.41, 5.74) is 0.746. The third-order valence-corrected chi connectivity index (χ3v) is 6.34.